The molecule has 10 nitrogen and oxygen atoms in total. The Kier molecular flexibility index (Phi) is 4.43. The second-order valence-corrected chi connectivity index (χ2v) is 6.94. The van der Waals surface area contributed by atoms with Gasteiger partial charge in [0.15, 0.2) is 10.2 Å². The van der Waals surface area contributed by atoms with Crippen LogP contribution in [0.4, 0.5) is 5.69 Å². The van der Waals surface area contributed by atoms with Gasteiger partial charge in [-0.15, -0.1) is 0 Å². The Bertz CT molecular complexity index is 1290. The van der Waals surface area contributed by atoms with Crippen molar-refractivity contribution in [2.75, 3.05) is 18.1 Å². The van der Waals surface area contributed by atoms with Gasteiger partial charge in [-0.2, -0.15) is 5.26 Å². The Morgan fingerprint density at radius 1 is 1.37 bits per heavy atom. The van der Waals surface area contributed by atoms with Crippen molar-refractivity contribution in [3.05, 3.63) is 62.0 Å². The number of aromatic nitrogens is 2. The van der Waals surface area contributed by atoms with Crippen LogP contribution in [0.2, 0.25) is 0 Å². The number of nitrogens with two attached hydrogens (primary N) is 1. The largest absolute Gasteiger partial charge is 0.465 e. The molecule has 1 aromatic heterocycles. The van der Waals surface area contributed by atoms with Crippen molar-refractivity contribution in [1.29, 1.82) is 5.26 Å². The first kappa shape index (κ1) is 19.4. The Balaban J connectivity index is 2.08. The Morgan fingerprint density at radius 2 is 2.10 bits per heavy atom. The molecule has 1 amide bonds. The zero-order chi connectivity index (χ0) is 21.6. The number of hydrogen-bond acceptors (Lipinski definition) is 8. The molecule has 3 heterocycles. The lowest BCUT2D eigenvalue weighted by molar-refractivity contribution is -0.142. The topological polar surface area (TPSA) is 154 Å². The van der Waals surface area contributed by atoms with Crippen molar-refractivity contribution in [3.8, 4) is 11.9 Å². The molecule has 11 heteroatoms. The molecule has 4 N–H and O–H groups in total. The van der Waals surface area contributed by atoms with Crippen LogP contribution in [-0.2, 0) is 19.7 Å². The van der Waals surface area contributed by atoms with E-state index in [-0.39, 0.29) is 34.3 Å². The predicted molar refractivity (Wildman–Crippen MR) is 106 cm³/mol. The van der Waals surface area contributed by atoms with Crippen LogP contribution in [0.25, 0.3) is 0 Å². The molecule has 2 aromatic rings. The first-order valence-corrected chi connectivity index (χ1v) is 9.29. The van der Waals surface area contributed by atoms with Crippen LogP contribution in [0.5, 0.6) is 5.88 Å². The predicted octanol–water partition coefficient (Wildman–Crippen LogP) is 0.715. The Morgan fingerprint density at radius 3 is 2.80 bits per heavy atom. The first-order valence-electron chi connectivity index (χ1n) is 8.88. The summed E-state index contributed by atoms with van der Waals surface area (Å²) in [4.78, 5) is 45.2. The molecule has 0 saturated heterocycles. The highest BCUT2D eigenvalue weighted by atomic mass is 32.1. The Labute approximate surface area is 174 Å². The summed E-state index contributed by atoms with van der Waals surface area (Å²) in [5.41, 5.74) is 3.62. The summed E-state index contributed by atoms with van der Waals surface area (Å²) in [6.07, 6.45) is 0. The van der Waals surface area contributed by atoms with Gasteiger partial charge in [-0.3, -0.25) is 24.3 Å². The van der Waals surface area contributed by atoms with Gasteiger partial charge in [-0.1, -0.05) is 18.2 Å². The molecule has 2 aliphatic rings. The highest BCUT2D eigenvalue weighted by Gasteiger charge is 2.61. The summed E-state index contributed by atoms with van der Waals surface area (Å²) in [6.45, 7) is 1.38. The summed E-state index contributed by atoms with van der Waals surface area (Å²) in [7, 11) is 0. The Hall–Kier alpha value is -3.91. The minimum absolute atomic E-state index is 0.0378. The van der Waals surface area contributed by atoms with Crippen molar-refractivity contribution in [2.24, 2.45) is 5.73 Å². The molecule has 0 bridgehead atoms. The summed E-state index contributed by atoms with van der Waals surface area (Å²) < 4.78 is 10.4. The van der Waals surface area contributed by atoms with Crippen LogP contribution < -0.4 is 20.9 Å². The first-order chi connectivity index (χ1) is 14.4. The van der Waals surface area contributed by atoms with Crippen molar-refractivity contribution < 1.29 is 19.1 Å². The minimum atomic E-state index is -1.90. The molecule has 152 valence electrons. The fraction of sp³-hybridized carbons (Fsp3) is 0.211. The van der Waals surface area contributed by atoms with E-state index < -0.39 is 29.4 Å². The van der Waals surface area contributed by atoms with E-state index in [4.69, 9.17) is 27.4 Å². The maximum absolute atomic E-state index is 13.8. The average Bonchev–Trinajstić information content (AvgIpc) is 2.91. The third-order valence-electron chi connectivity index (χ3n) is 4.99. The van der Waals surface area contributed by atoms with Gasteiger partial charge < -0.3 is 20.2 Å². The lowest BCUT2D eigenvalue weighted by Gasteiger charge is -2.32. The van der Waals surface area contributed by atoms with Crippen LogP contribution in [0.3, 0.4) is 0 Å². The molecule has 4 rings (SSSR count). The number of ether oxygens (including phenoxy) is 2. The van der Waals surface area contributed by atoms with Gasteiger partial charge in [0.1, 0.15) is 23.8 Å². The van der Waals surface area contributed by atoms with Crippen LogP contribution in [0, 0.1) is 16.1 Å². The second-order valence-electron chi connectivity index (χ2n) is 6.53. The van der Waals surface area contributed by atoms with Crippen LogP contribution in [-0.4, -0.2) is 35.0 Å². The molecule has 1 spiro atoms. The maximum atomic E-state index is 13.8. The van der Waals surface area contributed by atoms with Gasteiger partial charge in [0, 0.05) is 11.3 Å². The fourth-order valence-electron chi connectivity index (χ4n) is 3.92. The maximum Gasteiger partial charge on any atom is 0.326 e. The van der Waals surface area contributed by atoms with E-state index in [0.717, 1.165) is 0 Å². The van der Waals surface area contributed by atoms with Crippen molar-refractivity contribution in [3.63, 3.8) is 0 Å². The molecule has 0 radical (unpaired) electrons. The summed E-state index contributed by atoms with van der Waals surface area (Å²) in [6, 6.07) is 8.45. The van der Waals surface area contributed by atoms with Gasteiger partial charge in [-0.05, 0) is 25.2 Å². The number of nitrogens with zero attached hydrogens (tertiary/aromatic N) is 2. The van der Waals surface area contributed by atoms with Crippen molar-refractivity contribution >= 4 is 29.8 Å². The average molecular weight is 425 g/mol. The normalized spacial score (nSPS) is 19.2. The number of para-hydroxylation sites is 1. The van der Waals surface area contributed by atoms with E-state index in [1.54, 1.807) is 31.2 Å². The van der Waals surface area contributed by atoms with Crippen LogP contribution in [0.1, 0.15) is 18.1 Å². The number of fused-ring (bicyclic) bond motifs is 4. The van der Waals surface area contributed by atoms with Gasteiger partial charge in [0.2, 0.25) is 17.7 Å². The number of esters is 1. The van der Waals surface area contributed by atoms with Crippen LogP contribution in [0.15, 0.2) is 40.5 Å². The summed E-state index contributed by atoms with van der Waals surface area (Å²) >= 11 is 4.99. The number of aromatic amines is 2. The van der Waals surface area contributed by atoms with Crippen LogP contribution >= 0.6 is 12.2 Å². The number of H-pyrrole nitrogens is 2. The van der Waals surface area contributed by atoms with Crippen molar-refractivity contribution in [1.82, 2.24) is 9.97 Å². The lowest BCUT2D eigenvalue weighted by Crippen LogP contribution is -2.50. The molecule has 0 saturated carbocycles. The molecular weight excluding hydrogens is 410 g/mol. The number of benzene rings is 1. The minimum Gasteiger partial charge on any atom is -0.465 e. The van der Waals surface area contributed by atoms with Gasteiger partial charge >= 0.3 is 5.97 Å². The van der Waals surface area contributed by atoms with E-state index in [2.05, 4.69) is 9.97 Å². The summed E-state index contributed by atoms with van der Waals surface area (Å²) in [5.74, 6) is -1.82. The number of nitrogens with one attached hydrogen (secondary N) is 2. The van der Waals surface area contributed by atoms with E-state index >= 15 is 0 Å². The molecule has 2 aliphatic heterocycles. The molecule has 0 aliphatic carbocycles. The molecule has 30 heavy (non-hydrogen) atoms. The number of carbonyl (C=O) groups excluding carboxylic acids is 2. The van der Waals surface area contributed by atoms with Gasteiger partial charge in [0.05, 0.1) is 6.61 Å². The lowest BCUT2D eigenvalue weighted by atomic mass is 9.69. The third-order valence-corrected chi connectivity index (χ3v) is 5.19. The number of amides is 1. The monoisotopic (exact) mass is 425 g/mol. The molecule has 1 unspecified atom stereocenters. The smallest absolute Gasteiger partial charge is 0.326 e. The summed E-state index contributed by atoms with van der Waals surface area (Å²) in [5, 5.41) is 9.88. The zero-order valence-corrected chi connectivity index (χ0v) is 16.5. The number of rotatable bonds is 3. The van der Waals surface area contributed by atoms with E-state index in [1.807, 2.05) is 6.07 Å². The quantitative estimate of drug-likeness (QED) is 0.480. The highest BCUT2D eigenvalue weighted by Crippen LogP contribution is 2.53. The van der Waals surface area contributed by atoms with Gasteiger partial charge in [-0.25, -0.2) is 0 Å². The van der Waals surface area contributed by atoms with E-state index in [1.165, 1.54) is 4.90 Å². The standard InChI is InChI=1S/C19H15N5O5S/c1-2-28-12(25)8-24-11-6-4-3-5-9(11)19(17(24)27)10(7-20)14(21)29-16-13(19)15(26)22-18(30)23-16/h3-6H,2,8,21H2,1H3,(H2,22,23,26,30). The fourth-order valence-corrected chi connectivity index (χ4v) is 4.11. The molecule has 1 aromatic carbocycles. The molecule has 0 fully saturated rings. The number of nitriles is 1. The highest BCUT2D eigenvalue weighted by molar-refractivity contribution is 7.71. The van der Waals surface area contributed by atoms with Gasteiger partial charge in [0.25, 0.3) is 5.56 Å². The second kappa shape index (κ2) is 6.85. The third kappa shape index (κ3) is 2.47. The number of hydrogen-bond donors (Lipinski definition) is 3. The van der Waals surface area contributed by atoms with E-state index in [9.17, 15) is 19.6 Å². The van der Waals surface area contributed by atoms with Crippen molar-refractivity contribution in [2.45, 2.75) is 12.3 Å². The number of carbonyl (C=O) groups is 2. The molecular formula is C19H15N5O5S. The number of anilines is 1. The zero-order valence-electron chi connectivity index (χ0n) is 15.6. The van der Waals surface area contributed by atoms with E-state index in [0.29, 0.717) is 11.3 Å². The SMILES string of the molecule is CCOC(=O)CN1C(=O)C2(C(C#N)=C(N)Oc3[nH]c(=S)[nH]c(=O)c32)c2ccccc21. The molecule has 1 atom stereocenters.